The molecule has 1 aliphatic carbocycles. The maximum Gasteiger partial charge on any atom is 0.407 e. The first kappa shape index (κ1) is 17.8. The van der Waals surface area contributed by atoms with Gasteiger partial charge >= 0.3 is 6.09 Å². The van der Waals surface area contributed by atoms with E-state index in [9.17, 15) is 4.79 Å². The van der Waals surface area contributed by atoms with Crippen molar-refractivity contribution < 1.29 is 9.53 Å². The number of nitrogens with zero attached hydrogens (tertiary/aromatic N) is 2. The van der Waals surface area contributed by atoms with Gasteiger partial charge in [0.25, 0.3) is 0 Å². The molecule has 23 heavy (non-hydrogen) atoms. The number of hydrogen-bond donors (Lipinski definition) is 2. The van der Waals surface area contributed by atoms with Crippen molar-refractivity contribution in [2.75, 3.05) is 0 Å². The molecule has 1 heterocycles. The van der Waals surface area contributed by atoms with E-state index in [0.29, 0.717) is 0 Å². The van der Waals surface area contributed by atoms with Crippen molar-refractivity contribution in [3.63, 3.8) is 0 Å². The smallest absolute Gasteiger partial charge is 0.407 e. The predicted octanol–water partition coefficient (Wildman–Crippen LogP) is 2.74. The lowest BCUT2D eigenvalue weighted by Gasteiger charge is -2.28. The molecule has 0 spiro atoms. The molecular formula is C17H30N4O2. The summed E-state index contributed by atoms with van der Waals surface area (Å²) in [4.78, 5) is 12.1. The van der Waals surface area contributed by atoms with Crippen LogP contribution in [0.5, 0.6) is 0 Å². The second-order valence-electron chi connectivity index (χ2n) is 7.40. The topological polar surface area (TPSA) is 68.2 Å². The van der Waals surface area contributed by atoms with Gasteiger partial charge in [-0.15, -0.1) is 0 Å². The van der Waals surface area contributed by atoms with Crippen molar-refractivity contribution in [3.05, 3.63) is 18.0 Å². The van der Waals surface area contributed by atoms with Gasteiger partial charge in [-0.05, 0) is 33.6 Å². The maximum absolute atomic E-state index is 12.1. The van der Waals surface area contributed by atoms with Crippen molar-refractivity contribution in [1.29, 1.82) is 0 Å². The Kier molecular flexibility index (Phi) is 6.04. The number of rotatable bonds is 4. The zero-order valence-corrected chi connectivity index (χ0v) is 14.8. The minimum absolute atomic E-state index is 0.115. The molecule has 2 atom stereocenters. The van der Waals surface area contributed by atoms with Crippen LogP contribution in [0, 0.1) is 0 Å². The monoisotopic (exact) mass is 322 g/mol. The number of hydrogen-bond acceptors (Lipinski definition) is 4. The first-order valence-electron chi connectivity index (χ1n) is 8.54. The summed E-state index contributed by atoms with van der Waals surface area (Å²) in [5.74, 6) is 0. The second-order valence-corrected chi connectivity index (χ2v) is 7.40. The standard InChI is InChI=1S/C17H30N4O2/c1-17(2,3)23-16(22)20-15-9-7-5-6-8-14(15)18-10-13-11-19-21(4)12-13/h11-12,14-15,18H,5-10H2,1-4H3,(H,20,22). The summed E-state index contributed by atoms with van der Waals surface area (Å²) < 4.78 is 7.21. The highest BCUT2D eigenvalue weighted by molar-refractivity contribution is 5.68. The van der Waals surface area contributed by atoms with E-state index in [4.69, 9.17) is 4.74 Å². The molecule has 1 saturated carbocycles. The van der Waals surface area contributed by atoms with Gasteiger partial charge in [-0.1, -0.05) is 19.3 Å². The van der Waals surface area contributed by atoms with Crippen LogP contribution in [0.25, 0.3) is 0 Å². The Morgan fingerprint density at radius 3 is 2.61 bits per heavy atom. The molecule has 2 rings (SSSR count). The molecule has 1 aliphatic rings. The fraction of sp³-hybridized carbons (Fsp3) is 0.765. The lowest BCUT2D eigenvalue weighted by atomic mass is 10.0. The number of alkyl carbamates (subject to hydrolysis) is 1. The van der Waals surface area contributed by atoms with Crippen LogP contribution in [-0.2, 0) is 18.3 Å². The molecule has 1 fully saturated rings. The molecule has 1 amide bonds. The Balaban J connectivity index is 1.91. The van der Waals surface area contributed by atoms with Crippen molar-refractivity contribution in [2.24, 2.45) is 7.05 Å². The fourth-order valence-corrected chi connectivity index (χ4v) is 3.00. The molecule has 2 N–H and O–H groups in total. The molecular weight excluding hydrogens is 292 g/mol. The van der Waals surface area contributed by atoms with Crippen LogP contribution in [0.3, 0.4) is 0 Å². The maximum atomic E-state index is 12.1. The third-order valence-corrected chi connectivity index (χ3v) is 4.04. The highest BCUT2D eigenvalue weighted by atomic mass is 16.6. The van der Waals surface area contributed by atoms with E-state index in [1.807, 2.05) is 40.2 Å². The Labute approximate surface area is 139 Å². The predicted molar refractivity (Wildman–Crippen MR) is 90.1 cm³/mol. The summed E-state index contributed by atoms with van der Waals surface area (Å²) in [6.07, 6.45) is 9.18. The van der Waals surface area contributed by atoms with Crippen LogP contribution in [0.15, 0.2) is 12.4 Å². The summed E-state index contributed by atoms with van der Waals surface area (Å²) in [6.45, 7) is 6.43. The Hall–Kier alpha value is -1.56. The van der Waals surface area contributed by atoms with Gasteiger partial charge in [-0.2, -0.15) is 5.10 Å². The summed E-state index contributed by atoms with van der Waals surface area (Å²) in [6, 6.07) is 0.384. The van der Waals surface area contributed by atoms with Crippen LogP contribution in [0.2, 0.25) is 0 Å². The molecule has 2 unspecified atom stereocenters. The van der Waals surface area contributed by atoms with Gasteiger partial charge in [-0.3, -0.25) is 4.68 Å². The average Bonchev–Trinajstić information content (AvgIpc) is 2.72. The van der Waals surface area contributed by atoms with Crippen molar-refractivity contribution in [2.45, 2.75) is 77.1 Å². The van der Waals surface area contributed by atoms with E-state index in [2.05, 4.69) is 15.7 Å². The largest absolute Gasteiger partial charge is 0.444 e. The SMILES string of the molecule is Cn1cc(CNC2CCCCCC2NC(=O)OC(C)(C)C)cn1. The van der Waals surface area contributed by atoms with Gasteiger partial charge in [-0.25, -0.2) is 4.79 Å². The number of amides is 1. The summed E-state index contributed by atoms with van der Waals surface area (Å²) in [7, 11) is 1.92. The van der Waals surface area contributed by atoms with Crippen LogP contribution < -0.4 is 10.6 Å². The molecule has 6 nitrogen and oxygen atoms in total. The number of ether oxygens (including phenoxy) is 1. The summed E-state index contributed by atoms with van der Waals surface area (Å²) >= 11 is 0. The van der Waals surface area contributed by atoms with E-state index < -0.39 is 5.60 Å². The van der Waals surface area contributed by atoms with E-state index in [-0.39, 0.29) is 18.2 Å². The molecule has 0 bridgehead atoms. The van der Waals surface area contributed by atoms with Gasteiger partial charge in [0, 0.05) is 37.4 Å². The van der Waals surface area contributed by atoms with Gasteiger partial charge in [0.15, 0.2) is 0 Å². The van der Waals surface area contributed by atoms with Crippen LogP contribution in [-0.4, -0.2) is 33.6 Å². The number of aryl methyl sites for hydroxylation is 1. The second kappa shape index (κ2) is 7.81. The molecule has 1 aromatic rings. The zero-order valence-electron chi connectivity index (χ0n) is 14.8. The summed E-state index contributed by atoms with van der Waals surface area (Å²) in [5, 5.41) is 10.8. The van der Waals surface area contributed by atoms with Gasteiger partial charge < -0.3 is 15.4 Å². The Morgan fingerprint density at radius 2 is 2.00 bits per heavy atom. The lowest BCUT2D eigenvalue weighted by molar-refractivity contribution is 0.0489. The molecule has 0 radical (unpaired) electrons. The average molecular weight is 322 g/mol. The molecule has 1 aromatic heterocycles. The lowest BCUT2D eigenvalue weighted by Crippen LogP contribution is -2.50. The summed E-state index contributed by atoms with van der Waals surface area (Å²) in [5.41, 5.74) is 0.695. The quantitative estimate of drug-likeness (QED) is 0.836. The van der Waals surface area contributed by atoms with Crippen LogP contribution >= 0.6 is 0 Å². The molecule has 0 aromatic carbocycles. The van der Waals surface area contributed by atoms with Crippen LogP contribution in [0.4, 0.5) is 4.79 Å². The first-order valence-corrected chi connectivity index (χ1v) is 8.54. The van der Waals surface area contributed by atoms with E-state index in [1.165, 1.54) is 12.8 Å². The highest BCUT2D eigenvalue weighted by Crippen LogP contribution is 2.19. The van der Waals surface area contributed by atoms with Crippen molar-refractivity contribution >= 4 is 6.09 Å². The first-order chi connectivity index (χ1) is 10.8. The molecule has 0 saturated heterocycles. The minimum atomic E-state index is -0.465. The number of aromatic nitrogens is 2. The third-order valence-electron chi connectivity index (χ3n) is 4.04. The Bertz CT molecular complexity index is 507. The normalized spacial score (nSPS) is 22.4. The van der Waals surface area contributed by atoms with E-state index in [0.717, 1.165) is 31.4 Å². The van der Waals surface area contributed by atoms with Crippen LogP contribution in [0.1, 0.15) is 58.4 Å². The Morgan fingerprint density at radius 1 is 1.30 bits per heavy atom. The number of carbonyl (C=O) groups excluding carboxylic acids is 1. The van der Waals surface area contributed by atoms with E-state index >= 15 is 0 Å². The number of carbonyl (C=O) groups is 1. The zero-order chi connectivity index (χ0) is 16.9. The molecule has 0 aliphatic heterocycles. The van der Waals surface area contributed by atoms with Gasteiger partial charge in [0.2, 0.25) is 0 Å². The minimum Gasteiger partial charge on any atom is -0.444 e. The van der Waals surface area contributed by atoms with Gasteiger partial charge in [0.05, 0.1) is 6.20 Å². The highest BCUT2D eigenvalue weighted by Gasteiger charge is 2.27. The number of nitrogens with one attached hydrogen (secondary N) is 2. The fourth-order valence-electron chi connectivity index (χ4n) is 3.00. The van der Waals surface area contributed by atoms with Crippen molar-refractivity contribution in [1.82, 2.24) is 20.4 Å². The van der Waals surface area contributed by atoms with Gasteiger partial charge in [0.1, 0.15) is 5.60 Å². The molecule has 130 valence electrons. The van der Waals surface area contributed by atoms with Crippen molar-refractivity contribution in [3.8, 4) is 0 Å². The third kappa shape index (κ3) is 6.22. The van der Waals surface area contributed by atoms with E-state index in [1.54, 1.807) is 4.68 Å². The molecule has 6 heteroatoms.